The molecule has 0 fully saturated rings. The molecule has 4 nitrogen and oxygen atoms in total. The number of pyridine rings is 1. The number of rotatable bonds is 4. The van der Waals surface area contributed by atoms with Crippen LogP contribution in [0.1, 0.15) is 23.8 Å². The van der Waals surface area contributed by atoms with Crippen molar-refractivity contribution in [1.82, 2.24) is 4.98 Å². The first kappa shape index (κ1) is 14.1. The predicted molar refractivity (Wildman–Crippen MR) is 73.6 cm³/mol. The first-order chi connectivity index (χ1) is 9.54. The van der Waals surface area contributed by atoms with Crippen LogP contribution in [-0.4, -0.2) is 16.0 Å². The minimum atomic E-state index is -1.03. The highest BCUT2D eigenvalue weighted by Crippen LogP contribution is 2.18. The number of aromatic nitrogens is 1. The third-order valence-electron chi connectivity index (χ3n) is 2.79. The fraction of sp³-hybridized carbons (Fsp3) is 0.200. The Morgan fingerprint density at radius 2 is 2.20 bits per heavy atom. The van der Waals surface area contributed by atoms with Crippen molar-refractivity contribution in [3.05, 3.63) is 59.7 Å². The lowest BCUT2D eigenvalue weighted by Gasteiger charge is -2.11. The molecule has 1 unspecified atom stereocenters. The van der Waals surface area contributed by atoms with E-state index in [0.717, 1.165) is 5.69 Å². The highest BCUT2D eigenvalue weighted by atomic mass is 19.1. The third-order valence-corrected chi connectivity index (χ3v) is 2.79. The Morgan fingerprint density at radius 3 is 2.90 bits per heavy atom. The molecule has 5 heteroatoms. The van der Waals surface area contributed by atoms with Crippen LogP contribution in [-0.2, 0) is 4.79 Å². The van der Waals surface area contributed by atoms with Crippen molar-refractivity contribution in [1.29, 1.82) is 0 Å². The summed E-state index contributed by atoms with van der Waals surface area (Å²) in [5.41, 5.74) is 1.79. The van der Waals surface area contributed by atoms with Crippen LogP contribution >= 0.6 is 0 Å². The van der Waals surface area contributed by atoms with Crippen molar-refractivity contribution < 1.29 is 14.3 Å². The molecule has 0 bridgehead atoms. The summed E-state index contributed by atoms with van der Waals surface area (Å²) in [6, 6.07) is 8.98. The third kappa shape index (κ3) is 3.86. The van der Waals surface area contributed by atoms with Gasteiger partial charge in [0.2, 0.25) is 5.91 Å². The first-order valence-electron chi connectivity index (χ1n) is 6.20. The van der Waals surface area contributed by atoms with E-state index in [9.17, 15) is 14.3 Å². The van der Waals surface area contributed by atoms with Gasteiger partial charge in [0.25, 0.3) is 0 Å². The molecule has 0 aliphatic heterocycles. The summed E-state index contributed by atoms with van der Waals surface area (Å²) in [4.78, 5) is 15.8. The second-order valence-corrected chi connectivity index (χ2v) is 4.51. The fourth-order valence-corrected chi connectivity index (χ4v) is 1.84. The molecule has 0 aliphatic carbocycles. The Kier molecular flexibility index (Phi) is 4.42. The zero-order valence-corrected chi connectivity index (χ0v) is 11.0. The van der Waals surface area contributed by atoms with E-state index in [1.54, 1.807) is 24.4 Å². The second-order valence-electron chi connectivity index (χ2n) is 4.51. The zero-order chi connectivity index (χ0) is 14.5. The summed E-state index contributed by atoms with van der Waals surface area (Å²) >= 11 is 0. The quantitative estimate of drug-likeness (QED) is 0.900. The summed E-state index contributed by atoms with van der Waals surface area (Å²) in [7, 11) is 0. The van der Waals surface area contributed by atoms with Gasteiger partial charge in [0.15, 0.2) is 0 Å². The Labute approximate surface area is 116 Å². The molecule has 1 atom stereocenters. The Hall–Kier alpha value is -2.27. The van der Waals surface area contributed by atoms with Crippen LogP contribution < -0.4 is 5.32 Å². The molecular formula is C15H15FN2O2. The van der Waals surface area contributed by atoms with Gasteiger partial charge in [0.05, 0.1) is 12.5 Å². The smallest absolute Gasteiger partial charge is 0.227 e. The molecule has 0 radical (unpaired) electrons. The molecular weight excluding hydrogens is 259 g/mol. The molecule has 0 saturated heterocycles. The molecule has 2 N–H and O–H groups in total. The molecule has 0 aliphatic rings. The van der Waals surface area contributed by atoms with Crippen molar-refractivity contribution in [2.75, 3.05) is 5.32 Å². The maximum absolute atomic E-state index is 13.0. The van der Waals surface area contributed by atoms with E-state index in [1.807, 2.05) is 6.92 Å². The van der Waals surface area contributed by atoms with Crippen LogP contribution in [0.15, 0.2) is 42.6 Å². The van der Waals surface area contributed by atoms with Gasteiger partial charge in [-0.1, -0.05) is 12.1 Å². The number of hydrogen-bond acceptors (Lipinski definition) is 3. The number of aryl methyl sites for hydroxylation is 1. The highest BCUT2D eigenvalue weighted by Gasteiger charge is 2.13. The van der Waals surface area contributed by atoms with Gasteiger partial charge in [-0.2, -0.15) is 0 Å². The molecule has 20 heavy (non-hydrogen) atoms. The molecule has 0 saturated carbocycles. The number of amides is 1. The van der Waals surface area contributed by atoms with Crippen LogP contribution in [0.3, 0.4) is 0 Å². The lowest BCUT2D eigenvalue weighted by Crippen LogP contribution is -2.15. The Morgan fingerprint density at radius 1 is 1.40 bits per heavy atom. The second kappa shape index (κ2) is 6.25. The minimum absolute atomic E-state index is 0.134. The number of aliphatic hydroxyl groups is 1. The maximum Gasteiger partial charge on any atom is 0.227 e. The van der Waals surface area contributed by atoms with Crippen LogP contribution in [0.25, 0.3) is 0 Å². The van der Waals surface area contributed by atoms with Crippen molar-refractivity contribution in [3.8, 4) is 0 Å². The van der Waals surface area contributed by atoms with Crippen LogP contribution in [0.5, 0.6) is 0 Å². The molecule has 1 amide bonds. The maximum atomic E-state index is 13.0. The minimum Gasteiger partial charge on any atom is -0.388 e. The lowest BCUT2D eigenvalue weighted by atomic mass is 10.1. The molecule has 1 aromatic carbocycles. The predicted octanol–water partition coefficient (Wildman–Crippen LogP) is 2.59. The summed E-state index contributed by atoms with van der Waals surface area (Å²) in [5.74, 6) is -0.779. The number of hydrogen-bond donors (Lipinski definition) is 2. The summed E-state index contributed by atoms with van der Waals surface area (Å²) in [6.45, 7) is 1.82. The SMILES string of the molecule is Cc1cc(NC(=O)CC(O)c2cccc(F)c2)ccn1. The number of carbonyl (C=O) groups is 1. The van der Waals surface area contributed by atoms with E-state index >= 15 is 0 Å². The molecule has 1 aromatic heterocycles. The van der Waals surface area contributed by atoms with Crippen molar-refractivity contribution in [2.45, 2.75) is 19.4 Å². The number of halogens is 1. The van der Waals surface area contributed by atoms with E-state index < -0.39 is 11.9 Å². The van der Waals surface area contributed by atoms with Gasteiger partial charge in [0.1, 0.15) is 5.82 Å². The van der Waals surface area contributed by atoms with Crippen molar-refractivity contribution >= 4 is 11.6 Å². The number of benzene rings is 1. The van der Waals surface area contributed by atoms with Gasteiger partial charge >= 0.3 is 0 Å². The molecule has 0 spiro atoms. The summed E-state index contributed by atoms with van der Waals surface area (Å²) in [6.07, 6.45) is 0.423. The number of nitrogens with one attached hydrogen (secondary N) is 1. The molecule has 2 aromatic rings. The van der Waals surface area contributed by atoms with E-state index in [-0.39, 0.29) is 12.3 Å². The van der Waals surface area contributed by atoms with E-state index in [1.165, 1.54) is 18.2 Å². The molecule has 104 valence electrons. The fourth-order valence-electron chi connectivity index (χ4n) is 1.84. The Bertz CT molecular complexity index is 616. The lowest BCUT2D eigenvalue weighted by molar-refractivity contribution is -0.118. The normalized spacial score (nSPS) is 11.9. The van der Waals surface area contributed by atoms with Gasteiger partial charge in [0, 0.05) is 17.6 Å². The first-order valence-corrected chi connectivity index (χ1v) is 6.20. The average Bonchev–Trinajstić information content (AvgIpc) is 2.38. The summed E-state index contributed by atoms with van der Waals surface area (Å²) in [5, 5.41) is 12.6. The average molecular weight is 274 g/mol. The number of aliphatic hydroxyl groups excluding tert-OH is 1. The largest absolute Gasteiger partial charge is 0.388 e. The molecule has 1 heterocycles. The monoisotopic (exact) mass is 274 g/mol. The van der Waals surface area contributed by atoms with Gasteiger partial charge in [-0.05, 0) is 36.8 Å². The van der Waals surface area contributed by atoms with Crippen LogP contribution in [0.4, 0.5) is 10.1 Å². The standard InChI is InChI=1S/C15H15FN2O2/c1-10-7-13(5-6-17-10)18-15(20)9-14(19)11-3-2-4-12(16)8-11/h2-8,14,19H,9H2,1H3,(H,17,18,20). The summed E-state index contributed by atoms with van der Waals surface area (Å²) < 4.78 is 13.0. The number of anilines is 1. The van der Waals surface area contributed by atoms with Gasteiger partial charge < -0.3 is 10.4 Å². The topological polar surface area (TPSA) is 62.2 Å². The van der Waals surface area contributed by atoms with Crippen molar-refractivity contribution in [3.63, 3.8) is 0 Å². The Balaban J connectivity index is 1.97. The van der Waals surface area contributed by atoms with Crippen molar-refractivity contribution in [2.24, 2.45) is 0 Å². The van der Waals surface area contributed by atoms with E-state index in [2.05, 4.69) is 10.3 Å². The van der Waals surface area contributed by atoms with E-state index in [0.29, 0.717) is 11.3 Å². The molecule has 2 rings (SSSR count). The van der Waals surface area contributed by atoms with Gasteiger partial charge in [-0.15, -0.1) is 0 Å². The van der Waals surface area contributed by atoms with Gasteiger partial charge in [-0.3, -0.25) is 9.78 Å². The number of carbonyl (C=O) groups excluding carboxylic acids is 1. The van der Waals surface area contributed by atoms with Crippen LogP contribution in [0, 0.1) is 12.7 Å². The number of nitrogens with zero attached hydrogens (tertiary/aromatic N) is 1. The van der Waals surface area contributed by atoms with Gasteiger partial charge in [-0.25, -0.2) is 4.39 Å². The van der Waals surface area contributed by atoms with Crippen LogP contribution in [0.2, 0.25) is 0 Å². The highest BCUT2D eigenvalue weighted by molar-refractivity contribution is 5.91. The van der Waals surface area contributed by atoms with E-state index in [4.69, 9.17) is 0 Å². The zero-order valence-electron chi connectivity index (χ0n) is 11.0.